The van der Waals surface area contributed by atoms with E-state index >= 15 is 0 Å². The van der Waals surface area contributed by atoms with Gasteiger partial charge in [0.05, 0.1) is 6.20 Å². The lowest BCUT2D eigenvalue weighted by Crippen LogP contribution is -2.28. The number of rotatable bonds is 4. The van der Waals surface area contributed by atoms with E-state index in [1.807, 2.05) is 0 Å². The molecule has 6 nitrogen and oxygen atoms in total. The zero-order valence-corrected chi connectivity index (χ0v) is 11.6. The van der Waals surface area contributed by atoms with Crippen LogP contribution >= 0.6 is 0 Å². The molecule has 0 unspecified atom stereocenters. The molecule has 2 aromatic rings. The molecule has 0 aromatic carbocycles. The number of pyridine rings is 1. The smallest absolute Gasteiger partial charge is 0.422 e. The molecule has 1 N–H and O–H groups in total. The number of amides is 1. The fourth-order valence-corrected chi connectivity index (χ4v) is 1.69. The van der Waals surface area contributed by atoms with Crippen molar-refractivity contribution >= 4 is 6.09 Å². The molecule has 2 heterocycles. The van der Waals surface area contributed by atoms with Crippen LogP contribution in [-0.4, -0.2) is 33.6 Å². The molecule has 0 spiro atoms. The second-order valence-electron chi connectivity index (χ2n) is 4.53. The maximum Gasteiger partial charge on any atom is 0.422 e. The summed E-state index contributed by atoms with van der Waals surface area (Å²) in [5, 5.41) is 6.27. The van der Waals surface area contributed by atoms with Crippen molar-refractivity contribution in [3.05, 3.63) is 36.4 Å². The summed E-state index contributed by atoms with van der Waals surface area (Å²) in [5.74, 6) is 0. The number of halogens is 3. The molecular formula is C13H13F3N4O2. The van der Waals surface area contributed by atoms with Gasteiger partial charge in [-0.15, -0.1) is 0 Å². The van der Waals surface area contributed by atoms with E-state index in [1.54, 1.807) is 36.4 Å². The van der Waals surface area contributed by atoms with E-state index in [1.165, 1.54) is 6.20 Å². The molecule has 118 valence electrons. The summed E-state index contributed by atoms with van der Waals surface area (Å²) < 4.78 is 41.4. The minimum absolute atomic E-state index is 0.0117. The minimum atomic E-state index is -4.54. The maximum atomic E-state index is 11.9. The number of nitrogens with one attached hydrogen (secondary N) is 1. The molecule has 2 aromatic heterocycles. The number of carbonyl (C=O) groups excluding carboxylic acids is 1. The van der Waals surface area contributed by atoms with Crippen molar-refractivity contribution < 1.29 is 22.7 Å². The van der Waals surface area contributed by atoms with E-state index in [2.05, 4.69) is 20.1 Å². The summed E-state index contributed by atoms with van der Waals surface area (Å²) in [6, 6.07) is 1.76. The molecule has 0 aliphatic carbocycles. The molecule has 0 aliphatic rings. The molecule has 0 saturated heterocycles. The maximum absolute atomic E-state index is 11.9. The second kappa shape index (κ2) is 6.46. The number of carbonyl (C=O) groups is 1. The largest absolute Gasteiger partial charge is 0.440 e. The van der Waals surface area contributed by atoms with Crippen molar-refractivity contribution in [1.29, 1.82) is 0 Å². The van der Waals surface area contributed by atoms with Gasteiger partial charge < -0.3 is 10.1 Å². The summed E-state index contributed by atoms with van der Waals surface area (Å²) in [6.07, 6.45) is 0.910. The Kier molecular flexibility index (Phi) is 4.64. The Hall–Kier alpha value is -2.58. The van der Waals surface area contributed by atoms with Gasteiger partial charge in [0.25, 0.3) is 0 Å². The molecular weight excluding hydrogens is 301 g/mol. The number of aromatic nitrogens is 3. The van der Waals surface area contributed by atoms with E-state index in [-0.39, 0.29) is 6.54 Å². The van der Waals surface area contributed by atoms with Crippen molar-refractivity contribution in [2.75, 3.05) is 6.61 Å². The van der Waals surface area contributed by atoms with Crippen LogP contribution in [0.25, 0.3) is 11.1 Å². The predicted molar refractivity (Wildman–Crippen MR) is 70.7 cm³/mol. The van der Waals surface area contributed by atoms with Crippen molar-refractivity contribution in [3.63, 3.8) is 0 Å². The number of ether oxygens (including phenoxy) is 1. The number of alkyl carbamates (subject to hydrolysis) is 1. The van der Waals surface area contributed by atoms with E-state index in [0.717, 1.165) is 11.1 Å². The molecule has 0 radical (unpaired) electrons. The van der Waals surface area contributed by atoms with Gasteiger partial charge in [-0.25, -0.2) is 4.79 Å². The van der Waals surface area contributed by atoms with Gasteiger partial charge >= 0.3 is 12.3 Å². The van der Waals surface area contributed by atoms with Crippen LogP contribution in [0, 0.1) is 0 Å². The van der Waals surface area contributed by atoms with Crippen molar-refractivity contribution in [3.8, 4) is 11.1 Å². The molecule has 0 fully saturated rings. The zero-order valence-electron chi connectivity index (χ0n) is 11.6. The van der Waals surface area contributed by atoms with Crippen molar-refractivity contribution in [1.82, 2.24) is 20.1 Å². The van der Waals surface area contributed by atoms with E-state index in [0.29, 0.717) is 5.56 Å². The minimum Gasteiger partial charge on any atom is -0.440 e. The number of hydrogen-bond acceptors (Lipinski definition) is 4. The standard InChI is InChI=1S/C13H13F3N4O2/c1-20-7-11(6-19-20)10-2-9(3-17-5-10)4-18-12(21)22-8-13(14,15)16/h2-3,5-7H,4,8H2,1H3,(H,18,21). The number of hydrogen-bond donors (Lipinski definition) is 1. The van der Waals surface area contributed by atoms with Gasteiger partial charge in [0.15, 0.2) is 6.61 Å². The first kappa shape index (κ1) is 15.8. The molecule has 0 aliphatic heterocycles. The van der Waals surface area contributed by atoms with Gasteiger partial charge in [-0.1, -0.05) is 0 Å². The summed E-state index contributed by atoms with van der Waals surface area (Å²) in [5.41, 5.74) is 2.26. The lowest BCUT2D eigenvalue weighted by molar-refractivity contribution is -0.160. The van der Waals surface area contributed by atoms with Gasteiger partial charge in [-0.2, -0.15) is 18.3 Å². The first-order valence-electron chi connectivity index (χ1n) is 6.24. The van der Waals surface area contributed by atoms with Gasteiger partial charge in [-0.05, 0) is 11.6 Å². The lowest BCUT2D eigenvalue weighted by atomic mass is 10.1. The van der Waals surface area contributed by atoms with E-state index in [4.69, 9.17) is 0 Å². The van der Waals surface area contributed by atoms with Gasteiger partial charge in [0.1, 0.15) is 0 Å². The Labute approximate surface area is 123 Å². The third-order valence-corrected chi connectivity index (χ3v) is 2.64. The normalized spacial score (nSPS) is 11.3. The van der Waals surface area contributed by atoms with Crippen LogP contribution in [0.2, 0.25) is 0 Å². The fourth-order valence-electron chi connectivity index (χ4n) is 1.69. The zero-order chi connectivity index (χ0) is 16.2. The Bertz CT molecular complexity index is 655. The molecule has 0 bridgehead atoms. The molecule has 22 heavy (non-hydrogen) atoms. The first-order chi connectivity index (χ1) is 10.3. The summed E-state index contributed by atoms with van der Waals surface area (Å²) in [4.78, 5) is 15.2. The van der Waals surface area contributed by atoms with Gasteiger partial charge in [-0.3, -0.25) is 9.67 Å². The third-order valence-electron chi connectivity index (χ3n) is 2.64. The van der Waals surface area contributed by atoms with Crippen LogP contribution in [0.5, 0.6) is 0 Å². The van der Waals surface area contributed by atoms with E-state index < -0.39 is 18.9 Å². The highest BCUT2D eigenvalue weighted by Crippen LogP contribution is 2.18. The average Bonchev–Trinajstić information content (AvgIpc) is 2.89. The highest BCUT2D eigenvalue weighted by Gasteiger charge is 2.29. The van der Waals surface area contributed by atoms with Crippen LogP contribution in [0.4, 0.5) is 18.0 Å². The van der Waals surface area contributed by atoms with Gasteiger partial charge in [0.2, 0.25) is 0 Å². The summed E-state index contributed by atoms with van der Waals surface area (Å²) >= 11 is 0. The van der Waals surface area contributed by atoms with Crippen molar-refractivity contribution in [2.45, 2.75) is 12.7 Å². The first-order valence-corrected chi connectivity index (χ1v) is 6.24. The Morgan fingerprint density at radius 1 is 1.32 bits per heavy atom. The van der Waals surface area contributed by atoms with Crippen LogP contribution < -0.4 is 5.32 Å². The van der Waals surface area contributed by atoms with E-state index in [9.17, 15) is 18.0 Å². The second-order valence-corrected chi connectivity index (χ2v) is 4.53. The van der Waals surface area contributed by atoms with Crippen LogP contribution in [0.15, 0.2) is 30.9 Å². The van der Waals surface area contributed by atoms with Gasteiger partial charge in [0, 0.05) is 43.3 Å². The van der Waals surface area contributed by atoms with Crippen LogP contribution in [0.1, 0.15) is 5.56 Å². The quantitative estimate of drug-likeness (QED) is 0.940. The molecule has 1 amide bonds. The topological polar surface area (TPSA) is 69.0 Å². The summed E-state index contributed by atoms with van der Waals surface area (Å²) in [6.45, 7) is -1.61. The monoisotopic (exact) mass is 314 g/mol. The summed E-state index contributed by atoms with van der Waals surface area (Å²) in [7, 11) is 1.78. The lowest BCUT2D eigenvalue weighted by Gasteiger charge is -2.09. The highest BCUT2D eigenvalue weighted by molar-refractivity contribution is 5.67. The third kappa shape index (κ3) is 4.76. The Morgan fingerprint density at radius 2 is 2.09 bits per heavy atom. The molecule has 0 atom stereocenters. The molecule has 0 saturated carbocycles. The highest BCUT2D eigenvalue weighted by atomic mass is 19.4. The average molecular weight is 314 g/mol. The number of aryl methyl sites for hydroxylation is 1. The van der Waals surface area contributed by atoms with Crippen molar-refractivity contribution in [2.24, 2.45) is 7.05 Å². The predicted octanol–water partition coefficient (Wildman–Crippen LogP) is 2.27. The SMILES string of the molecule is Cn1cc(-c2cncc(CNC(=O)OCC(F)(F)F)c2)cn1. The molecule has 9 heteroatoms. The Morgan fingerprint density at radius 3 is 2.73 bits per heavy atom. The van der Waals surface area contributed by atoms with Crippen LogP contribution in [-0.2, 0) is 18.3 Å². The molecule has 2 rings (SSSR count). The Balaban J connectivity index is 1.92. The fraction of sp³-hybridized carbons (Fsp3) is 0.308. The van der Waals surface area contributed by atoms with Crippen LogP contribution in [0.3, 0.4) is 0 Å². The number of alkyl halides is 3. The number of nitrogens with zero attached hydrogens (tertiary/aromatic N) is 3.